The Balaban J connectivity index is 1.62. The maximum atomic E-state index is 13.9. The van der Waals surface area contributed by atoms with E-state index in [1.807, 2.05) is 0 Å². The summed E-state index contributed by atoms with van der Waals surface area (Å²) in [6.45, 7) is 3.57. The summed E-state index contributed by atoms with van der Waals surface area (Å²) in [5.41, 5.74) is 1.47. The van der Waals surface area contributed by atoms with E-state index in [-0.39, 0.29) is 28.3 Å². The lowest BCUT2D eigenvalue weighted by molar-refractivity contribution is -0.139. The van der Waals surface area contributed by atoms with Crippen molar-refractivity contribution >= 4 is 41.0 Å². The molecule has 1 N–H and O–H groups in total. The number of nitrogens with zero attached hydrogens (tertiary/aromatic N) is 2. The van der Waals surface area contributed by atoms with E-state index in [1.54, 1.807) is 56.3 Å². The minimum absolute atomic E-state index is 0.0187. The van der Waals surface area contributed by atoms with Crippen LogP contribution in [-0.4, -0.2) is 42.4 Å². The Kier molecular flexibility index (Phi) is 8.06. The number of carboxylic acids is 1. The molecule has 4 aromatic rings. The van der Waals surface area contributed by atoms with Gasteiger partial charge in [-0.2, -0.15) is 0 Å². The molecule has 1 atom stereocenters. The number of ether oxygens (including phenoxy) is 3. The highest BCUT2D eigenvalue weighted by Crippen LogP contribution is 2.36. The topological polar surface area (TPSA) is 130 Å². The highest BCUT2D eigenvalue weighted by atomic mass is 35.5. The largest absolute Gasteiger partial charge is 0.493 e. The number of fused-ring (bicyclic) bond motifs is 1. The van der Waals surface area contributed by atoms with Gasteiger partial charge in [-0.05, 0) is 55.8 Å². The van der Waals surface area contributed by atoms with Crippen molar-refractivity contribution in [1.29, 1.82) is 0 Å². The molecular weight excluding hydrogens is 584 g/mol. The zero-order chi connectivity index (χ0) is 30.1. The summed E-state index contributed by atoms with van der Waals surface area (Å²) in [4.78, 5) is 43.3. The zero-order valence-electron chi connectivity index (χ0n) is 23.0. The second-order valence-electron chi connectivity index (χ2n) is 9.12. The summed E-state index contributed by atoms with van der Waals surface area (Å²) in [6, 6.07) is 12.2. The molecule has 0 fully saturated rings. The molecule has 12 heteroatoms. The van der Waals surface area contributed by atoms with Crippen LogP contribution in [0.2, 0.25) is 5.02 Å². The molecule has 1 aliphatic rings. The smallest absolute Gasteiger partial charge is 0.338 e. The summed E-state index contributed by atoms with van der Waals surface area (Å²) in [5, 5.41) is 9.31. The van der Waals surface area contributed by atoms with Gasteiger partial charge in [-0.15, -0.1) is 0 Å². The molecule has 0 bridgehead atoms. The Morgan fingerprint density at radius 1 is 1.12 bits per heavy atom. The minimum atomic E-state index is -1.13. The van der Waals surface area contributed by atoms with E-state index < -0.39 is 18.0 Å². The van der Waals surface area contributed by atoms with Gasteiger partial charge >= 0.3 is 11.9 Å². The maximum absolute atomic E-state index is 13.9. The van der Waals surface area contributed by atoms with Crippen LogP contribution in [-0.2, 0) is 9.53 Å². The molecular formula is C30H25ClN2O8S. The Hall–Kier alpha value is -4.61. The third-order valence-corrected chi connectivity index (χ3v) is 7.92. The Labute approximate surface area is 248 Å². The van der Waals surface area contributed by atoms with E-state index in [2.05, 4.69) is 4.99 Å². The minimum Gasteiger partial charge on any atom is -0.493 e. The number of rotatable bonds is 8. The second-order valence-corrected chi connectivity index (χ2v) is 10.5. The van der Waals surface area contributed by atoms with Crippen LogP contribution < -0.4 is 24.4 Å². The van der Waals surface area contributed by atoms with Gasteiger partial charge in [0.25, 0.3) is 5.56 Å². The van der Waals surface area contributed by atoms with Crippen molar-refractivity contribution in [2.45, 2.75) is 19.9 Å². The van der Waals surface area contributed by atoms with E-state index in [9.17, 15) is 19.5 Å². The fourth-order valence-corrected chi connectivity index (χ4v) is 5.97. The molecule has 0 unspecified atom stereocenters. The molecule has 10 nitrogen and oxygen atoms in total. The van der Waals surface area contributed by atoms with Crippen LogP contribution in [0.1, 0.15) is 41.6 Å². The second kappa shape index (κ2) is 11.7. The third-order valence-electron chi connectivity index (χ3n) is 6.62. The number of carbonyl (C=O) groups excluding carboxylic acids is 1. The van der Waals surface area contributed by atoms with Gasteiger partial charge in [-0.3, -0.25) is 9.36 Å². The van der Waals surface area contributed by atoms with Gasteiger partial charge in [-0.1, -0.05) is 35.1 Å². The van der Waals surface area contributed by atoms with E-state index in [0.29, 0.717) is 49.2 Å². The number of halogens is 1. The average molecular weight is 609 g/mol. The Morgan fingerprint density at radius 3 is 2.55 bits per heavy atom. The lowest BCUT2D eigenvalue weighted by Gasteiger charge is -2.25. The molecule has 5 rings (SSSR count). The molecule has 2 aromatic carbocycles. The number of carboxylic acid groups (broad SMARTS) is 1. The highest BCUT2D eigenvalue weighted by molar-refractivity contribution is 7.07. The quantitative estimate of drug-likeness (QED) is 0.291. The van der Waals surface area contributed by atoms with Crippen LogP contribution in [0.4, 0.5) is 0 Å². The predicted octanol–water partition coefficient (Wildman–Crippen LogP) is 4.43. The molecule has 0 saturated carbocycles. The molecule has 3 heterocycles. The number of thiazole rings is 1. The average Bonchev–Trinajstić information content (AvgIpc) is 3.55. The maximum Gasteiger partial charge on any atom is 0.338 e. The van der Waals surface area contributed by atoms with Crippen LogP contribution in [0.25, 0.3) is 17.4 Å². The summed E-state index contributed by atoms with van der Waals surface area (Å²) in [5.74, 6) is 0.0641. The van der Waals surface area contributed by atoms with Crippen molar-refractivity contribution in [3.63, 3.8) is 0 Å². The van der Waals surface area contributed by atoms with E-state index >= 15 is 0 Å². The zero-order valence-corrected chi connectivity index (χ0v) is 24.5. The van der Waals surface area contributed by atoms with Crippen molar-refractivity contribution in [3.8, 4) is 22.8 Å². The third kappa shape index (κ3) is 5.24. The van der Waals surface area contributed by atoms with Crippen LogP contribution >= 0.6 is 22.9 Å². The van der Waals surface area contributed by atoms with Crippen molar-refractivity contribution in [3.05, 3.63) is 101 Å². The first-order valence-electron chi connectivity index (χ1n) is 12.7. The monoisotopic (exact) mass is 608 g/mol. The van der Waals surface area contributed by atoms with E-state index in [0.717, 1.165) is 11.3 Å². The van der Waals surface area contributed by atoms with Crippen molar-refractivity contribution in [2.75, 3.05) is 20.8 Å². The number of hydrogen-bond acceptors (Lipinski definition) is 9. The van der Waals surface area contributed by atoms with Gasteiger partial charge in [-0.25, -0.2) is 14.6 Å². The van der Waals surface area contributed by atoms with Crippen LogP contribution in [0.15, 0.2) is 74.0 Å². The number of methoxy groups -OCH3 is 2. The number of aromatic nitrogens is 1. The molecule has 1 aliphatic heterocycles. The first-order valence-corrected chi connectivity index (χ1v) is 13.9. The van der Waals surface area contributed by atoms with Crippen molar-refractivity contribution < 1.29 is 33.3 Å². The number of hydrogen-bond donors (Lipinski definition) is 1. The summed E-state index contributed by atoms with van der Waals surface area (Å²) >= 11 is 7.28. The summed E-state index contributed by atoms with van der Waals surface area (Å²) < 4.78 is 23.9. The Morgan fingerprint density at radius 2 is 1.88 bits per heavy atom. The number of esters is 1. The van der Waals surface area contributed by atoms with Gasteiger partial charge in [0.1, 0.15) is 11.5 Å². The van der Waals surface area contributed by atoms with Crippen molar-refractivity contribution in [2.24, 2.45) is 4.99 Å². The van der Waals surface area contributed by atoms with Crippen molar-refractivity contribution in [1.82, 2.24) is 4.57 Å². The van der Waals surface area contributed by atoms with Gasteiger partial charge < -0.3 is 23.7 Å². The van der Waals surface area contributed by atoms with Crippen LogP contribution in [0.5, 0.6) is 11.5 Å². The van der Waals surface area contributed by atoms with Gasteiger partial charge in [0.05, 0.1) is 53.3 Å². The fourth-order valence-electron chi connectivity index (χ4n) is 4.69. The van der Waals surface area contributed by atoms with Crippen LogP contribution in [0.3, 0.4) is 0 Å². The Bertz CT molecular complexity index is 1930. The van der Waals surface area contributed by atoms with Gasteiger partial charge in [0.2, 0.25) is 0 Å². The SMILES string of the molecule is CCOC(=O)C1=C(C)N=c2s/c(=C\c3ccc(-c4ccc(C(=O)O)c(Cl)c4)o3)c(=O)n2[C@H]1c1ccc(OC)c(OC)c1. The van der Waals surface area contributed by atoms with E-state index in [1.165, 1.54) is 30.9 Å². The number of aromatic carboxylic acids is 1. The standard InChI is InChI=1S/C30H25ClN2O8S/c1-5-40-29(37)25-15(2)32-30-33(26(25)17-7-10-22(38-3)23(13-17)39-4)27(34)24(42-30)14-18-8-11-21(41-18)16-6-9-19(28(35)36)20(31)12-16/h6-14,26H,5H2,1-4H3,(H,35,36)/b24-14-/t26-/m0/s1. The van der Waals surface area contributed by atoms with Gasteiger partial charge in [0, 0.05) is 11.6 Å². The molecule has 42 heavy (non-hydrogen) atoms. The normalized spacial score (nSPS) is 14.8. The molecule has 0 saturated heterocycles. The molecule has 0 spiro atoms. The highest BCUT2D eigenvalue weighted by Gasteiger charge is 2.34. The predicted molar refractivity (Wildman–Crippen MR) is 156 cm³/mol. The first-order chi connectivity index (χ1) is 20.2. The molecule has 0 aliphatic carbocycles. The van der Waals surface area contributed by atoms with Gasteiger partial charge in [0.15, 0.2) is 16.3 Å². The number of carbonyl (C=O) groups is 2. The van der Waals surface area contributed by atoms with Crippen LogP contribution in [0, 0.1) is 0 Å². The number of allylic oxidation sites excluding steroid dienone is 1. The summed E-state index contributed by atoms with van der Waals surface area (Å²) in [7, 11) is 3.03. The lowest BCUT2D eigenvalue weighted by atomic mass is 9.95. The molecule has 2 aromatic heterocycles. The molecule has 0 amide bonds. The first kappa shape index (κ1) is 28.9. The molecule has 0 radical (unpaired) electrons. The number of furan rings is 1. The fraction of sp³-hybridized carbons (Fsp3) is 0.200. The number of benzene rings is 2. The van der Waals surface area contributed by atoms with E-state index in [4.69, 9.17) is 30.2 Å². The molecule has 216 valence electrons. The lowest BCUT2D eigenvalue weighted by Crippen LogP contribution is -2.39. The summed E-state index contributed by atoms with van der Waals surface area (Å²) in [6.07, 6.45) is 1.59.